The second-order valence-corrected chi connectivity index (χ2v) is 8.04. The summed E-state index contributed by atoms with van der Waals surface area (Å²) in [6, 6.07) is 16.3. The van der Waals surface area contributed by atoms with Gasteiger partial charge in [0.15, 0.2) is 0 Å². The molecule has 0 bridgehead atoms. The van der Waals surface area contributed by atoms with Crippen LogP contribution in [-0.4, -0.2) is 27.9 Å². The summed E-state index contributed by atoms with van der Waals surface area (Å²) in [5.74, 6) is -0.531. The molecule has 2 heterocycles. The number of carbonyl (C=O) groups is 2. The van der Waals surface area contributed by atoms with Crippen LogP contribution < -0.4 is 10.6 Å². The minimum atomic E-state index is -0.270. The lowest BCUT2D eigenvalue weighted by atomic mass is 10.1. The third kappa shape index (κ3) is 4.53. The first-order chi connectivity index (χ1) is 14.6. The van der Waals surface area contributed by atoms with Crippen molar-refractivity contribution in [2.24, 2.45) is 0 Å². The van der Waals surface area contributed by atoms with Gasteiger partial charge in [0.25, 0.3) is 11.8 Å². The van der Waals surface area contributed by atoms with Crippen molar-refractivity contribution in [2.45, 2.75) is 13.0 Å². The van der Waals surface area contributed by atoms with Gasteiger partial charge in [-0.15, -0.1) is 11.3 Å². The van der Waals surface area contributed by atoms with Gasteiger partial charge in [-0.05, 0) is 48.2 Å². The van der Waals surface area contributed by atoms with Gasteiger partial charge in [-0.3, -0.25) is 9.59 Å². The zero-order valence-corrected chi connectivity index (χ0v) is 17.5. The van der Waals surface area contributed by atoms with Gasteiger partial charge in [0, 0.05) is 18.1 Å². The second kappa shape index (κ2) is 9.11. The number of fused-ring (bicyclic) bond motifs is 1. The maximum absolute atomic E-state index is 12.7. The number of aromatic nitrogens is 2. The molecule has 0 aliphatic carbocycles. The van der Waals surface area contributed by atoms with Crippen molar-refractivity contribution in [1.29, 1.82) is 0 Å². The van der Waals surface area contributed by atoms with Crippen molar-refractivity contribution in [3.63, 3.8) is 0 Å². The average molecular weight is 439 g/mol. The largest absolute Gasteiger partial charge is 0.352 e. The van der Waals surface area contributed by atoms with Gasteiger partial charge in [-0.25, -0.2) is 4.98 Å². The molecular weight excluding hydrogens is 420 g/mol. The van der Waals surface area contributed by atoms with Gasteiger partial charge in [0.2, 0.25) is 0 Å². The quantitative estimate of drug-likeness (QED) is 0.406. The molecule has 0 aliphatic heterocycles. The Morgan fingerprint density at radius 3 is 2.77 bits per heavy atom. The standard InChI is InChI=1S/C22H19ClN4O2S/c23-15-8-9-16(18(13-15)26-22(29)20-7-3-12-30-20)21(28)24-10-4-11-27-14-25-17-5-1-2-6-19(17)27/h1-3,5-9,12-14H,4,10-11H2,(H,24,28)(H,26,29). The number of para-hydroxylation sites is 2. The van der Waals surface area contributed by atoms with Crippen LogP contribution in [0.2, 0.25) is 5.02 Å². The molecule has 2 amide bonds. The number of nitrogens with zero attached hydrogens (tertiary/aromatic N) is 2. The number of thiophene rings is 1. The summed E-state index contributed by atoms with van der Waals surface area (Å²) in [7, 11) is 0. The predicted octanol–water partition coefficient (Wildman–Crippen LogP) is 4.82. The monoisotopic (exact) mass is 438 g/mol. The molecular formula is C22H19ClN4O2S. The Kier molecular flexibility index (Phi) is 6.11. The summed E-state index contributed by atoms with van der Waals surface area (Å²) in [6.07, 6.45) is 2.56. The smallest absolute Gasteiger partial charge is 0.265 e. The van der Waals surface area contributed by atoms with E-state index in [1.807, 2.05) is 36.0 Å². The molecule has 0 unspecified atom stereocenters. The molecule has 2 N–H and O–H groups in total. The van der Waals surface area contributed by atoms with E-state index < -0.39 is 0 Å². The highest BCUT2D eigenvalue weighted by atomic mass is 35.5. The number of aryl methyl sites for hydroxylation is 1. The van der Waals surface area contributed by atoms with Crippen molar-refractivity contribution >= 4 is 51.5 Å². The summed E-state index contributed by atoms with van der Waals surface area (Å²) >= 11 is 7.40. The zero-order chi connectivity index (χ0) is 20.9. The average Bonchev–Trinajstić information content (AvgIpc) is 3.42. The van der Waals surface area contributed by atoms with Gasteiger partial charge in [-0.2, -0.15) is 0 Å². The highest BCUT2D eigenvalue weighted by Gasteiger charge is 2.15. The van der Waals surface area contributed by atoms with Crippen molar-refractivity contribution < 1.29 is 9.59 Å². The topological polar surface area (TPSA) is 76.0 Å². The summed E-state index contributed by atoms with van der Waals surface area (Å²) < 4.78 is 2.07. The molecule has 0 saturated carbocycles. The molecule has 0 radical (unpaired) electrons. The molecule has 0 spiro atoms. The van der Waals surface area contributed by atoms with Gasteiger partial charge >= 0.3 is 0 Å². The molecule has 0 saturated heterocycles. The van der Waals surface area contributed by atoms with Crippen LogP contribution in [0.1, 0.15) is 26.5 Å². The molecule has 0 fully saturated rings. The van der Waals surface area contributed by atoms with E-state index in [2.05, 4.69) is 20.2 Å². The number of rotatable bonds is 7. The summed E-state index contributed by atoms with van der Waals surface area (Å²) in [5, 5.41) is 7.96. The number of anilines is 1. The van der Waals surface area contributed by atoms with E-state index in [4.69, 9.17) is 11.6 Å². The van der Waals surface area contributed by atoms with E-state index in [0.717, 1.165) is 24.0 Å². The molecule has 0 aliphatic rings. The molecule has 2 aromatic heterocycles. The lowest BCUT2D eigenvalue weighted by Gasteiger charge is -2.12. The first kappa shape index (κ1) is 20.1. The van der Waals surface area contributed by atoms with E-state index in [1.165, 1.54) is 11.3 Å². The van der Waals surface area contributed by atoms with Crippen LogP contribution in [0.25, 0.3) is 11.0 Å². The van der Waals surface area contributed by atoms with E-state index in [9.17, 15) is 9.59 Å². The Morgan fingerprint density at radius 2 is 1.93 bits per heavy atom. The molecule has 152 valence electrons. The number of carbonyl (C=O) groups excluding carboxylic acids is 2. The van der Waals surface area contributed by atoms with E-state index >= 15 is 0 Å². The van der Waals surface area contributed by atoms with Crippen molar-refractivity contribution in [1.82, 2.24) is 14.9 Å². The van der Waals surface area contributed by atoms with Crippen LogP contribution in [0, 0.1) is 0 Å². The lowest BCUT2D eigenvalue weighted by molar-refractivity contribution is 0.0953. The van der Waals surface area contributed by atoms with Gasteiger partial charge in [-0.1, -0.05) is 29.8 Å². The third-order valence-electron chi connectivity index (χ3n) is 4.61. The molecule has 4 aromatic rings. The number of nitrogens with one attached hydrogen (secondary N) is 2. The van der Waals surface area contributed by atoms with Crippen molar-refractivity contribution in [3.8, 4) is 0 Å². The fraction of sp³-hybridized carbons (Fsp3) is 0.136. The third-order valence-corrected chi connectivity index (χ3v) is 5.71. The first-order valence-electron chi connectivity index (χ1n) is 9.44. The minimum absolute atomic E-state index is 0.261. The van der Waals surface area contributed by atoms with Crippen LogP contribution in [0.15, 0.2) is 66.3 Å². The Hall–Kier alpha value is -3.16. The van der Waals surface area contributed by atoms with Crippen LogP contribution >= 0.6 is 22.9 Å². The normalized spacial score (nSPS) is 10.8. The Bertz CT molecular complexity index is 1190. The maximum atomic E-state index is 12.7. The SMILES string of the molecule is O=C(Nc1cc(Cl)ccc1C(=O)NCCCn1cnc2ccccc21)c1cccs1. The molecule has 8 heteroatoms. The summed E-state index contributed by atoms with van der Waals surface area (Å²) in [4.78, 5) is 30.0. The molecule has 0 atom stereocenters. The fourth-order valence-electron chi connectivity index (χ4n) is 3.14. The van der Waals surface area contributed by atoms with Crippen LogP contribution in [0.4, 0.5) is 5.69 Å². The van der Waals surface area contributed by atoms with E-state index in [-0.39, 0.29) is 11.8 Å². The number of benzene rings is 2. The number of hydrogen-bond donors (Lipinski definition) is 2. The number of amides is 2. The highest BCUT2D eigenvalue weighted by Crippen LogP contribution is 2.23. The molecule has 4 rings (SSSR count). The minimum Gasteiger partial charge on any atom is -0.352 e. The van der Waals surface area contributed by atoms with E-state index in [0.29, 0.717) is 27.7 Å². The molecule has 2 aromatic carbocycles. The van der Waals surface area contributed by atoms with Crippen LogP contribution in [0.3, 0.4) is 0 Å². The Balaban J connectivity index is 1.37. The molecule has 30 heavy (non-hydrogen) atoms. The van der Waals surface area contributed by atoms with Gasteiger partial charge < -0.3 is 15.2 Å². The first-order valence-corrected chi connectivity index (χ1v) is 10.7. The molecule has 6 nitrogen and oxygen atoms in total. The van der Waals surface area contributed by atoms with Crippen molar-refractivity contribution in [3.05, 3.63) is 81.8 Å². The van der Waals surface area contributed by atoms with E-state index in [1.54, 1.807) is 30.3 Å². The highest BCUT2D eigenvalue weighted by molar-refractivity contribution is 7.12. The van der Waals surface area contributed by atoms with Gasteiger partial charge in [0.05, 0.1) is 33.5 Å². The van der Waals surface area contributed by atoms with Gasteiger partial charge in [0.1, 0.15) is 0 Å². The Morgan fingerprint density at radius 1 is 1.07 bits per heavy atom. The Labute approximate surface area is 182 Å². The second-order valence-electron chi connectivity index (χ2n) is 6.66. The van der Waals surface area contributed by atoms with Crippen LogP contribution in [0.5, 0.6) is 0 Å². The van der Waals surface area contributed by atoms with Crippen molar-refractivity contribution in [2.75, 3.05) is 11.9 Å². The number of hydrogen-bond acceptors (Lipinski definition) is 4. The summed E-state index contributed by atoms with van der Waals surface area (Å²) in [6.45, 7) is 1.23. The number of halogens is 1. The zero-order valence-electron chi connectivity index (χ0n) is 16.0. The van der Waals surface area contributed by atoms with Crippen LogP contribution in [-0.2, 0) is 6.54 Å². The summed E-state index contributed by atoms with van der Waals surface area (Å²) in [5.41, 5.74) is 2.78. The maximum Gasteiger partial charge on any atom is 0.265 e. The predicted molar refractivity (Wildman–Crippen MR) is 120 cm³/mol. The lowest BCUT2D eigenvalue weighted by Crippen LogP contribution is -2.26. The fourth-order valence-corrected chi connectivity index (χ4v) is 3.94. The number of imidazole rings is 1.